The third-order valence-corrected chi connectivity index (χ3v) is 3.85. The number of carboxylic acids is 1. The molecule has 3 N–H and O–H groups in total. The zero-order chi connectivity index (χ0) is 13.8. The minimum absolute atomic E-state index is 0.114. The Hall–Kier alpha value is -1.60. The van der Waals surface area contributed by atoms with Crippen molar-refractivity contribution < 1.29 is 18.3 Å². The van der Waals surface area contributed by atoms with Crippen LogP contribution in [0.4, 0.5) is 5.69 Å². The zero-order valence-corrected chi connectivity index (χ0v) is 11.0. The molecule has 0 saturated carbocycles. The number of aromatic carboxylic acids is 1. The molecule has 1 rings (SSSR count). The Morgan fingerprint density at radius 3 is 2.61 bits per heavy atom. The van der Waals surface area contributed by atoms with E-state index < -0.39 is 16.0 Å². The van der Waals surface area contributed by atoms with E-state index in [0.717, 1.165) is 5.56 Å². The Labute approximate surface area is 106 Å². The van der Waals surface area contributed by atoms with Crippen LogP contribution in [-0.2, 0) is 10.0 Å². The fourth-order valence-corrected chi connectivity index (χ4v) is 2.07. The van der Waals surface area contributed by atoms with Crippen molar-refractivity contribution in [3.05, 3.63) is 29.3 Å². The van der Waals surface area contributed by atoms with E-state index in [9.17, 15) is 13.2 Å². The number of sulfonamides is 1. The number of anilines is 1. The zero-order valence-electron chi connectivity index (χ0n) is 10.2. The van der Waals surface area contributed by atoms with Gasteiger partial charge in [-0.05, 0) is 25.6 Å². The first-order valence-corrected chi connectivity index (χ1v) is 7.00. The average molecular weight is 272 g/mol. The molecule has 100 valence electrons. The lowest BCUT2D eigenvalue weighted by atomic mass is 10.1. The molecule has 0 amide bonds. The predicted molar refractivity (Wildman–Crippen MR) is 69.5 cm³/mol. The molecule has 0 aliphatic rings. The number of rotatable bonds is 6. The molecule has 0 unspecified atom stereocenters. The fourth-order valence-electron chi connectivity index (χ4n) is 1.49. The van der Waals surface area contributed by atoms with Crippen LogP contribution < -0.4 is 10.0 Å². The molecular formula is C11H16N2O4S. The molecule has 6 nitrogen and oxygen atoms in total. The van der Waals surface area contributed by atoms with Crippen LogP contribution in [0.2, 0.25) is 0 Å². The van der Waals surface area contributed by atoms with Gasteiger partial charge in [0.15, 0.2) is 0 Å². The monoisotopic (exact) mass is 272 g/mol. The first-order chi connectivity index (χ1) is 8.37. The van der Waals surface area contributed by atoms with Gasteiger partial charge < -0.3 is 10.4 Å². The van der Waals surface area contributed by atoms with E-state index in [2.05, 4.69) is 10.0 Å². The molecule has 7 heteroatoms. The van der Waals surface area contributed by atoms with Gasteiger partial charge in [0.1, 0.15) is 0 Å². The van der Waals surface area contributed by atoms with Gasteiger partial charge in [0, 0.05) is 6.54 Å². The molecule has 0 fully saturated rings. The van der Waals surface area contributed by atoms with Gasteiger partial charge in [-0.25, -0.2) is 17.9 Å². The minimum Gasteiger partial charge on any atom is -0.478 e. The maximum atomic E-state index is 11.2. The van der Waals surface area contributed by atoms with E-state index >= 15 is 0 Å². The summed E-state index contributed by atoms with van der Waals surface area (Å²) in [7, 11) is -1.96. The van der Waals surface area contributed by atoms with E-state index in [4.69, 9.17) is 5.11 Å². The molecule has 18 heavy (non-hydrogen) atoms. The van der Waals surface area contributed by atoms with Gasteiger partial charge in [-0.1, -0.05) is 12.1 Å². The largest absolute Gasteiger partial charge is 0.478 e. The van der Waals surface area contributed by atoms with Crippen LogP contribution in [0, 0.1) is 6.92 Å². The number of carbonyl (C=O) groups is 1. The number of carboxylic acid groups (broad SMARTS) is 1. The van der Waals surface area contributed by atoms with Crippen molar-refractivity contribution in [2.45, 2.75) is 6.92 Å². The number of benzene rings is 1. The van der Waals surface area contributed by atoms with Crippen molar-refractivity contribution in [3.63, 3.8) is 0 Å². The van der Waals surface area contributed by atoms with E-state index in [1.54, 1.807) is 19.1 Å². The van der Waals surface area contributed by atoms with Gasteiger partial charge in [-0.3, -0.25) is 0 Å². The summed E-state index contributed by atoms with van der Waals surface area (Å²) in [5.41, 5.74) is 1.35. The first-order valence-electron chi connectivity index (χ1n) is 5.35. The highest BCUT2D eigenvalue weighted by Crippen LogP contribution is 2.20. The Bertz CT molecular complexity index is 540. The molecular weight excluding hydrogens is 256 g/mol. The maximum Gasteiger partial charge on any atom is 0.337 e. The van der Waals surface area contributed by atoms with E-state index in [1.807, 2.05) is 0 Å². The second kappa shape index (κ2) is 5.83. The Morgan fingerprint density at radius 2 is 2.06 bits per heavy atom. The summed E-state index contributed by atoms with van der Waals surface area (Å²) in [6, 6.07) is 4.89. The summed E-state index contributed by atoms with van der Waals surface area (Å²) in [5, 5.41) is 11.9. The lowest BCUT2D eigenvalue weighted by Crippen LogP contribution is -2.26. The molecule has 1 aromatic carbocycles. The standard InChI is InChI=1S/C11H16N2O4S/c1-8-4-3-5-9(11(14)15)10(8)13-6-7-18(16,17)12-2/h3-5,12-13H,6-7H2,1-2H3,(H,14,15). The summed E-state index contributed by atoms with van der Waals surface area (Å²) >= 11 is 0. The molecule has 0 aliphatic heterocycles. The SMILES string of the molecule is CNS(=O)(=O)CCNc1c(C)cccc1C(=O)O. The highest BCUT2D eigenvalue weighted by Gasteiger charge is 2.12. The third kappa shape index (κ3) is 3.71. The molecule has 0 heterocycles. The number of hydrogen-bond donors (Lipinski definition) is 3. The smallest absolute Gasteiger partial charge is 0.337 e. The van der Waals surface area contributed by atoms with E-state index in [-0.39, 0.29) is 17.9 Å². The summed E-state index contributed by atoms with van der Waals surface area (Å²) in [6.07, 6.45) is 0. The number of para-hydroxylation sites is 1. The molecule has 0 spiro atoms. The molecule has 0 bridgehead atoms. The molecule has 0 aliphatic carbocycles. The summed E-state index contributed by atoms with van der Waals surface area (Å²) < 4.78 is 24.6. The van der Waals surface area contributed by atoms with Crippen LogP contribution >= 0.6 is 0 Å². The maximum absolute atomic E-state index is 11.2. The average Bonchev–Trinajstić information content (AvgIpc) is 2.30. The van der Waals surface area contributed by atoms with Crippen molar-refractivity contribution in [2.75, 3.05) is 24.7 Å². The lowest BCUT2D eigenvalue weighted by Gasteiger charge is -2.12. The lowest BCUT2D eigenvalue weighted by molar-refractivity contribution is 0.0698. The van der Waals surface area contributed by atoms with Crippen molar-refractivity contribution in [2.24, 2.45) is 0 Å². The number of aryl methyl sites for hydroxylation is 1. The van der Waals surface area contributed by atoms with Crippen molar-refractivity contribution in [3.8, 4) is 0 Å². The minimum atomic E-state index is -3.30. The Kier molecular flexibility index (Phi) is 4.69. The molecule has 1 aromatic rings. The van der Waals surface area contributed by atoms with E-state index in [1.165, 1.54) is 13.1 Å². The second-order valence-electron chi connectivity index (χ2n) is 3.75. The summed E-state index contributed by atoms with van der Waals surface area (Å²) in [6.45, 7) is 1.91. The van der Waals surface area contributed by atoms with E-state index in [0.29, 0.717) is 5.69 Å². The normalized spacial score (nSPS) is 11.2. The summed E-state index contributed by atoms with van der Waals surface area (Å²) in [4.78, 5) is 11.0. The van der Waals surface area contributed by atoms with Gasteiger partial charge in [-0.2, -0.15) is 0 Å². The summed E-state index contributed by atoms with van der Waals surface area (Å²) in [5.74, 6) is -1.16. The van der Waals surface area contributed by atoms with Crippen molar-refractivity contribution >= 4 is 21.7 Å². The van der Waals surface area contributed by atoms with Gasteiger partial charge in [0.05, 0.1) is 17.0 Å². The van der Waals surface area contributed by atoms with Crippen LogP contribution in [0.5, 0.6) is 0 Å². The van der Waals surface area contributed by atoms with Crippen LogP contribution in [0.1, 0.15) is 15.9 Å². The fraction of sp³-hybridized carbons (Fsp3) is 0.364. The Balaban J connectivity index is 2.82. The van der Waals surface area contributed by atoms with Crippen LogP contribution in [0.15, 0.2) is 18.2 Å². The van der Waals surface area contributed by atoms with Gasteiger partial charge in [0.2, 0.25) is 10.0 Å². The van der Waals surface area contributed by atoms with Crippen molar-refractivity contribution in [1.29, 1.82) is 0 Å². The van der Waals surface area contributed by atoms with Gasteiger partial charge >= 0.3 is 5.97 Å². The molecule has 0 saturated heterocycles. The Morgan fingerprint density at radius 1 is 1.39 bits per heavy atom. The van der Waals surface area contributed by atoms with Crippen LogP contribution in [0.3, 0.4) is 0 Å². The number of hydrogen-bond acceptors (Lipinski definition) is 4. The predicted octanol–water partition coefficient (Wildman–Crippen LogP) is 0.654. The highest BCUT2D eigenvalue weighted by atomic mass is 32.2. The molecule has 0 aromatic heterocycles. The molecule has 0 radical (unpaired) electrons. The third-order valence-electron chi connectivity index (χ3n) is 2.49. The van der Waals surface area contributed by atoms with Crippen LogP contribution in [-0.4, -0.2) is 38.8 Å². The van der Waals surface area contributed by atoms with Gasteiger partial charge in [0.25, 0.3) is 0 Å². The molecule has 0 atom stereocenters. The first kappa shape index (κ1) is 14.5. The van der Waals surface area contributed by atoms with Crippen molar-refractivity contribution in [1.82, 2.24) is 4.72 Å². The number of nitrogens with one attached hydrogen (secondary N) is 2. The second-order valence-corrected chi connectivity index (χ2v) is 5.80. The quantitative estimate of drug-likeness (QED) is 0.707. The topological polar surface area (TPSA) is 95.5 Å². The van der Waals surface area contributed by atoms with Crippen LogP contribution in [0.25, 0.3) is 0 Å². The highest BCUT2D eigenvalue weighted by molar-refractivity contribution is 7.89. The van der Waals surface area contributed by atoms with Gasteiger partial charge in [-0.15, -0.1) is 0 Å².